The smallest absolute Gasteiger partial charge is 0.159 e. The first-order valence-electron chi connectivity index (χ1n) is 11.9. The minimum atomic E-state index is -2.79. The van der Waals surface area contributed by atoms with Crippen LogP contribution in [0, 0.1) is 0 Å². The molecule has 2 aliphatic rings. The maximum absolute atomic E-state index is 8.33. The van der Waals surface area contributed by atoms with Gasteiger partial charge >= 0.3 is 0 Å². The van der Waals surface area contributed by atoms with Gasteiger partial charge in [-0.3, -0.25) is 0 Å². The zero-order valence-electron chi connectivity index (χ0n) is 20.0. The molecule has 5 aromatic carbocycles. The second-order valence-electron chi connectivity index (χ2n) is 9.35. The van der Waals surface area contributed by atoms with Gasteiger partial charge in [0.05, 0.1) is 0 Å². The van der Waals surface area contributed by atoms with E-state index in [2.05, 4.69) is 127 Å². The van der Waals surface area contributed by atoms with Gasteiger partial charge in [0, 0.05) is 36.9 Å². The molecule has 0 heterocycles. The molecular weight excluding hydrogens is 697 g/mol. The molecule has 0 aliphatic heterocycles. The summed E-state index contributed by atoms with van der Waals surface area (Å²) in [6, 6.07) is 46.5. The van der Waals surface area contributed by atoms with Crippen LogP contribution in [0.5, 0.6) is 0 Å². The van der Waals surface area contributed by atoms with E-state index in [1.807, 2.05) is 0 Å². The van der Waals surface area contributed by atoms with Crippen LogP contribution < -0.4 is 5.19 Å². The van der Waals surface area contributed by atoms with Gasteiger partial charge in [0.15, 0.2) is 0 Å². The molecule has 7 rings (SSSR count). The average Bonchev–Trinajstić information content (AvgIpc) is 3.43. The van der Waals surface area contributed by atoms with E-state index in [1.54, 1.807) is 0 Å². The van der Waals surface area contributed by atoms with Gasteiger partial charge in [0.2, 0.25) is 7.38 Å². The fourth-order valence-electron chi connectivity index (χ4n) is 6.41. The fourth-order valence-corrected chi connectivity index (χ4v) is 12.7. The first-order chi connectivity index (χ1) is 16.8. The molecule has 0 aromatic heterocycles. The summed E-state index contributed by atoms with van der Waals surface area (Å²) in [6.45, 7) is 0. The largest absolute Gasteiger partial charge is 0.210 e. The van der Waals surface area contributed by atoms with Crippen molar-refractivity contribution in [3.8, 4) is 22.3 Å². The third-order valence-corrected chi connectivity index (χ3v) is 13.8. The molecule has 0 fully saturated rings. The summed E-state index contributed by atoms with van der Waals surface area (Å²) in [6.07, 6.45) is 0. The monoisotopic (exact) mass is 722 g/mol. The van der Waals surface area contributed by atoms with E-state index in [-0.39, 0.29) is 61.7 Å². The summed E-state index contributed by atoms with van der Waals surface area (Å²) < 4.78 is 0. The molecule has 0 spiro atoms. The molecular formula is C32H25Cl3HfSi. The Bertz CT molecular complexity index is 1370. The quantitative estimate of drug-likeness (QED) is 0.129. The summed E-state index contributed by atoms with van der Waals surface area (Å²) in [4.78, 5) is 0. The second kappa shape index (κ2) is 11.0. The number of hydrogen-bond donors (Lipinski definition) is 0. The van der Waals surface area contributed by atoms with Crippen LogP contribution in [-0.4, -0.2) is 7.38 Å². The van der Waals surface area contributed by atoms with E-state index >= 15 is 0 Å². The Labute approximate surface area is 255 Å². The molecule has 0 saturated carbocycles. The SMILES string of the molecule is Cl.Cl.Cl[Si](c1ccccc1)(C1c2ccccc2-c2ccccc21)C1c2ccccc2-c2ccccc21.[Hf]. The van der Waals surface area contributed by atoms with E-state index in [0.717, 1.165) is 0 Å². The standard InChI is InChI=1S/C32H23ClSi.2ClH.Hf/c33-34(22-12-2-1-3-13-22,31-27-18-8-4-14-23(27)24-15-5-9-19-28(24)31)32-29-20-10-6-16-25(29)26-17-7-11-21-30(26)32;;;/h1-21,31-32H;2*1H;. The van der Waals surface area contributed by atoms with Crippen molar-refractivity contribution in [3.05, 3.63) is 150 Å². The second-order valence-corrected chi connectivity index (χ2v) is 14.5. The molecule has 182 valence electrons. The van der Waals surface area contributed by atoms with Crippen LogP contribution >= 0.6 is 35.9 Å². The molecule has 0 radical (unpaired) electrons. The van der Waals surface area contributed by atoms with Gasteiger partial charge in [-0.2, -0.15) is 11.1 Å². The van der Waals surface area contributed by atoms with Gasteiger partial charge in [-0.25, -0.2) is 0 Å². The average molecular weight is 722 g/mol. The number of halogens is 3. The van der Waals surface area contributed by atoms with E-state index in [4.69, 9.17) is 11.1 Å². The van der Waals surface area contributed by atoms with Crippen LogP contribution in [0.2, 0.25) is 0 Å². The zero-order chi connectivity index (χ0) is 22.7. The molecule has 5 aromatic rings. The maximum atomic E-state index is 8.33. The van der Waals surface area contributed by atoms with Crippen molar-refractivity contribution in [3.63, 3.8) is 0 Å². The molecule has 0 unspecified atom stereocenters. The van der Waals surface area contributed by atoms with Crippen LogP contribution in [-0.2, 0) is 25.8 Å². The molecule has 37 heavy (non-hydrogen) atoms. The Kier molecular flexibility index (Phi) is 8.38. The Morgan fingerprint density at radius 1 is 0.405 bits per heavy atom. The first kappa shape index (κ1) is 28.1. The van der Waals surface area contributed by atoms with Crippen molar-refractivity contribution in [2.24, 2.45) is 0 Å². The fraction of sp³-hybridized carbons (Fsp3) is 0.0625. The van der Waals surface area contributed by atoms with Crippen molar-refractivity contribution in [1.29, 1.82) is 0 Å². The molecule has 0 nitrogen and oxygen atoms in total. The summed E-state index contributed by atoms with van der Waals surface area (Å²) >= 11 is 8.33. The topological polar surface area (TPSA) is 0 Å². The van der Waals surface area contributed by atoms with Crippen molar-refractivity contribution < 1.29 is 25.8 Å². The summed E-state index contributed by atoms with van der Waals surface area (Å²) in [7, 11) is -2.79. The van der Waals surface area contributed by atoms with Crippen LogP contribution in [0.4, 0.5) is 0 Å². The maximum Gasteiger partial charge on any atom is 0.210 e. The number of benzene rings is 5. The molecule has 0 atom stereocenters. The summed E-state index contributed by atoms with van der Waals surface area (Å²) in [5.74, 6) is 0. The van der Waals surface area contributed by atoms with Gasteiger partial charge in [0.25, 0.3) is 0 Å². The van der Waals surface area contributed by atoms with Gasteiger partial charge in [-0.15, -0.1) is 24.8 Å². The Morgan fingerprint density at radius 2 is 0.676 bits per heavy atom. The third-order valence-electron chi connectivity index (χ3n) is 7.72. The first-order valence-corrected chi connectivity index (χ1v) is 15.1. The third kappa shape index (κ3) is 4.13. The van der Waals surface area contributed by atoms with Crippen molar-refractivity contribution >= 4 is 48.5 Å². The number of rotatable bonds is 3. The minimum absolute atomic E-state index is 0. The van der Waals surface area contributed by atoms with Crippen molar-refractivity contribution in [2.45, 2.75) is 11.1 Å². The normalized spacial score (nSPS) is 13.2. The van der Waals surface area contributed by atoms with E-state index in [1.165, 1.54) is 49.7 Å². The predicted molar refractivity (Wildman–Crippen MR) is 160 cm³/mol. The molecule has 0 bridgehead atoms. The zero-order valence-corrected chi connectivity index (χ0v) is 27.0. The minimum Gasteiger partial charge on any atom is -0.159 e. The molecule has 0 saturated heterocycles. The Balaban J connectivity index is 0.00000107. The van der Waals surface area contributed by atoms with Crippen molar-refractivity contribution in [1.82, 2.24) is 0 Å². The van der Waals surface area contributed by atoms with Crippen LogP contribution in [0.15, 0.2) is 127 Å². The van der Waals surface area contributed by atoms with Crippen LogP contribution in [0.25, 0.3) is 22.3 Å². The van der Waals surface area contributed by atoms with E-state index in [0.29, 0.717) is 0 Å². The van der Waals surface area contributed by atoms with Gasteiger partial charge < -0.3 is 0 Å². The van der Waals surface area contributed by atoms with Crippen LogP contribution in [0.3, 0.4) is 0 Å². The molecule has 0 N–H and O–H groups in total. The van der Waals surface area contributed by atoms with E-state index < -0.39 is 7.38 Å². The summed E-state index contributed by atoms with van der Waals surface area (Å²) in [5.41, 5.74) is 11.1. The summed E-state index contributed by atoms with van der Waals surface area (Å²) in [5, 5.41) is 1.30. The van der Waals surface area contributed by atoms with Crippen molar-refractivity contribution in [2.75, 3.05) is 0 Å². The van der Waals surface area contributed by atoms with Gasteiger partial charge in [0.1, 0.15) is 0 Å². The Morgan fingerprint density at radius 3 is 1.00 bits per heavy atom. The van der Waals surface area contributed by atoms with Gasteiger partial charge in [-0.05, 0) is 49.7 Å². The van der Waals surface area contributed by atoms with Gasteiger partial charge in [-0.1, -0.05) is 127 Å². The number of fused-ring (bicyclic) bond motifs is 6. The number of hydrogen-bond acceptors (Lipinski definition) is 0. The van der Waals surface area contributed by atoms with E-state index in [9.17, 15) is 0 Å². The Hall–Kier alpha value is -1.94. The molecule has 5 heteroatoms. The molecule has 2 aliphatic carbocycles. The van der Waals surface area contributed by atoms with Crippen LogP contribution in [0.1, 0.15) is 33.3 Å². The molecule has 0 amide bonds. The predicted octanol–water partition coefficient (Wildman–Crippen LogP) is 8.62.